The molecule has 0 aliphatic carbocycles. The van der Waals surface area contributed by atoms with Crippen LogP contribution in [-0.2, 0) is 4.74 Å². The highest BCUT2D eigenvalue weighted by molar-refractivity contribution is 8.23. The van der Waals surface area contributed by atoms with Gasteiger partial charge in [-0.05, 0) is 12.5 Å². The number of benzene rings is 1. The predicted molar refractivity (Wildman–Crippen MR) is 77.4 cm³/mol. The Kier molecular flexibility index (Phi) is 4.83. The first-order valence-electron chi connectivity index (χ1n) is 5.85. The zero-order valence-electron chi connectivity index (χ0n) is 9.96. The molecule has 0 spiro atoms. The van der Waals surface area contributed by atoms with E-state index in [0.29, 0.717) is 5.25 Å². The van der Waals surface area contributed by atoms with Crippen molar-refractivity contribution in [3.05, 3.63) is 35.9 Å². The SMILES string of the molecule is CC(SC(=S)N1CCOCC1)c1ccccc1. The highest BCUT2D eigenvalue weighted by Gasteiger charge is 2.17. The molecular weight excluding hydrogens is 250 g/mol. The highest BCUT2D eigenvalue weighted by atomic mass is 32.2. The lowest BCUT2D eigenvalue weighted by Crippen LogP contribution is -2.38. The Morgan fingerprint density at radius 3 is 2.59 bits per heavy atom. The first kappa shape index (κ1) is 12.9. The van der Waals surface area contributed by atoms with Crippen molar-refractivity contribution >= 4 is 28.3 Å². The minimum absolute atomic E-state index is 0.409. The van der Waals surface area contributed by atoms with Crippen LogP contribution >= 0.6 is 24.0 Å². The lowest BCUT2D eigenvalue weighted by atomic mass is 10.2. The Bertz CT molecular complexity index is 363. The van der Waals surface area contributed by atoms with E-state index < -0.39 is 0 Å². The van der Waals surface area contributed by atoms with E-state index in [1.165, 1.54) is 5.56 Å². The second kappa shape index (κ2) is 6.38. The van der Waals surface area contributed by atoms with Gasteiger partial charge < -0.3 is 9.64 Å². The molecule has 0 amide bonds. The van der Waals surface area contributed by atoms with Crippen LogP contribution in [0.2, 0.25) is 0 Å². The molecule has 0 aromatic heterocycles. The zero-order chi connectivity index (χ0) is 12.1. The number of nitrogens with zero attached hydrogens (tertiary/aromatic N) is 1. The third kappa shape index (κ3) is 3.69. The van der Waals surface area contributed by atoms with Crippen molar-refractivity contribution in [2.45, 2.75) is 12.2 Å². The molecule has 0 radical (unpaired) electrons. The van der Waals surface area contributed by atoms with Crippen molar-refractivity contribution in [1.29, 1.82) is 0 Å². The van der Waals surface area contributed by atoms with E-state index in [9.17, 15) is 0 Å². The Labute approximate surface area is 112 Å². The monoisotopic (exact) mass is 267 g/mol. The normalized spacial score (nSPS) is 17.8. The van der Waals surface area contributed by atoms with E-state index in [1.54, 1.807) is 11.8 Å². The van der Waals surface area contributed by atoms with Gasteiger partial charge >= 0.3 is 0 Å². The second-order valence-corrected chi connectivity index (χ2v) is 6.01. The summed E-state index contributed by atoms with van der Waals surface area (Å²) in [5, 5.41) is 0.409. The van der Waals surface area contributed by atoms with Gasteiger partial charge in [0.15, 0.2) is 0 Å². The fraction of sp³-hybridized carbons (Fsp3) is 0.462. The molecule has 1 unspecified atom stereocenters. The van der Waals surface area contributed by atoms with Gasteiger partial charge in [-0.1, -0.05) is 54.3 Å². The molecule has 1 saturated heterocycles. The number of rotatable bonds is 2. The molecule has 1 fully saturated rings. The summed E-state index contributed by atoms with van der Waals surface area (Å²) < 4.78 is 6.32. The quantitative estimate of drug-likeness (QED) is 0.763. The van der Waals surface area contributed by atoms with Crippen LogP contribution in [0.5, 0.6) is 0 Å². The van der Waals surface area contributed by atoms with Gasteiger partial charge in [-0.15, -0.1) is 0 Å². The molecule has 1 aliphatic rings. The maximum atomic E-state index is 5.48. The van der Waals surface area contributed by atoms with Gasteiger partial charge in [0.1, 0.15) is 4.32 Å². The van der Waals surface area contributed by atoms with Crippen LogP contribution in [0.1, 0.15) is 17.7 Å². The molecule has 1 aromatic carbocycles. The minimum atomic E-state index is 0.409. The lowest BCUT2D eigenvalue weighted by Gasteiger charge is -2.29. The predicted octanol–water partition coefficient (Wildman–Crippen LogP) is 3.10. The number of thioether (sulfide) groups is 1. The molecule has 4 heteroatoms. The lowest BCUT2D eigenvalue weighted by molar-refractivity contribution is 0.0702. The first-order chi connectivity index (χ1) is 8.27. The number of morpholine rings is 1. The van der Waals surface area contributed by atoms with Crippen LogP contribution in [0.4, 0.5) is 0 Å². The molecule has 1 heterocycles. The van der Waals surface area contributed by atoms with Crippen molar-refractivity contribution in [3.63, 3.8) is 0 Å². The number of hydrogen-bond acceptors (Lipinski definition) is 3. The second-order valence-electron chi connectivity index (χ2n) is 4.04. The molecule has 2 nitrogen and oxygen atoms in total. The van der Waals surface area contributed by atoms with Gasteiger partial charge in [-0.2, -0.15) is 0 Å². The average molecular weight is 267 g/mol. The number of thiocarbonyl (C=S) groups is 1. The van der Waals surface area contributed by atoms with Crippen molar-refractivity contribution in [2.24, 2.45) is 0 Å². The first-order valence-corrected chi connectivity index (χ1v) is 7.14. The molecule has 17 heavy (non-hydrogen) atoms. The van der Waals surface area contributed by atoms with Crippen LogP contribution in [0, 0.1) is 0 Å². The van der Waals surface area contributed by atoms with E-state index in [2.05, 4.69) is 36.1 Å². The van der Waals surface area contributed by atoms with E-state index >= 15 is 0 Å². The van der Waals surface area contributed by atoms with Gasteiger partial charge in [-0.3, -0.25) is 0 Å². The molecule has 1 atom stereocenters. The molecule has 0 N–H and O–H groups in total. The minimum Gasteiger partial charge on any atom is -0.378 e. The zero-order valence-corrected chi connectivity index (χ0v) is 11.6. The summed E-state index contributed by atoms with van der Waals surface area (Å²) in [5.74, 6) is 0. The topological polar surface area (TPSA) is 12.5 Å². The molecule has 0 saturated carbocycles. The Hall–Kier alpha value is -0.580. The van der Waals surface area contributed by atoms with E-state index in [1.807, 2.05) is 6.07 Å². The molecular formula is C13H17NOS2. The number of ether oxygens (including phenoxy) is 1. The Morgan fingerprint density at radius 2 is 1.94 bits per heavy atom. The largest absolute Gasteiger partial charge is 0.378 e. The number of hydrogen-bond donors (Lipinski definition) is 0. The molecule has 1 aliphatic heterocycles. The van der Waals surface area contributed by atoms with Gasteiger partial charge in [0, 0.05) is 18.3 Å². The molecule has 92 valence electrons. The standard InChI is InChI=1S/C13H17NOS2/c1-11(12-5-3-2-4-6-12)17-13(16)14-7-9-15-10-8-14/h2-6,11H,7-10H2,1H3. The molecule has 0 bridgehead atoms. The summed E-state index contributed by atoms with van der Waals surface area (Å²) in [5.41, 5.74) is 1.33. The summed E-state index contributed by atoms with van der Waals surface area (Å²) in [6.07, 6.45) is 0. The maximum Gasteiger partial charge on any atom is 0.137 e. The summed E-state index contributed by atoms with van der Waals surface area (Å²) in [6.45, 7) is 5.63. The van der Waals surface area contributed by atoms with Crippen molar-refractivity contribution in [2.75, 3.05) is 26.3 Å². The maximum absolute atomic E-state index is 5.48. The fourth-order valence-electron chi connectivity index (χ4n) is 1.76. The van der Waals surface area contributed by atoms with E-state index in [0.717, 1.165) is 30.6 Å². The molecule has 1 aromatic rings. The summed E-state index contributed by atoms with van der Waals surface area (Å²) in [6, 6.07) is 10.5. The van der Waals surface area contributed by atoms with Crippen molar-refractivity contribution < 1.29 is 4.74 Å². The fourth-order valence-corrected chi connectivity index (χ4v) is 3.31. The third-order valence-corrected chi connectivity index (χ3v) is 4.45. The van der Waals surface area contributed by atoms with Crippen molar-refractivity contribution in [1.82, 2.24) is 4.90 Å². The van der Waals surface area contributed by atoms with Crippen LogP contribution in [-0.4, -0.2) is 35.5 Å². The Morgan fingerprint density at radius 1 is 1.29 bits per heavy atom. The van der Waals surface area contributed by atoms with Crippen LogP contribution in [0.25, 0.3) is 0 Å². The smallest absolute Gasteiger partial charge is 0.137 e. The average Bonchev–Trinajstić information content (AvgIpc) is 2.40. The van der Waals surface area contributed by atoms with Crippen LogP contribution in [0.15, 0.2) is 30.3 Å². The van der Waals surface area contributed by atoms with Crippen molar-refractivity contribution in [3.8, 4) is 0 Å². The molecule has 2 rings (SSSR count). The Balaban J connectivity index is 1.89. The van der Waals surface area contributed by atoms with E-state index in [-0.39, 0.29) is 0 Å². The summed E-state index contributed by atoms with van der Waals surface area (Å²) in [4.78, 5) is 2.24. The highest BCUT2D eigenvalue weighted by Crippen LogP contribution is 2.30. The van der Waals surface area contributed by atoms with Crippen LogP contribution < -0.4 is 0 Å². The summed E-state index contributed by atoms with van der Waals surface area (Å²) in [7, 11) is 0. The van der Waals surface area contributed by atoms with E-state index in [4.69, 9.17) is 17.0 Å². The van der Waals surface area contributed by atoms with Gasteiger partial charge in [0.25, 0.3) is 0 Å². The van der Waals surface area contributed by atoms with Gasteiger partial charge in [-0.25, -0.2) is 0 Å². The summed E-state index contributed by atoms with van der Waals surface area (Å²) >= 11 is 7.24. The van der Waals surface area contributed by atoms with Crippen LogP contribution in [0.3, 0.4) is 0 Å². The van der Waals surface area contributed by atoms with Gasteiger partial charge in [0.2, 0.25) is 0 Å². The van der Waals surface area contributed by atoms with Gasteiger partial charge in [0.05, 0.1) is 13.2 Å². The third-order valence-electron chi connectivity index (χ3n) is 2.82.